The standard InChI is InChI=1S/C19H17Cl2NO5/c1-22(9-13-10-25-16-4-2-3-5-17(16)27-13)18(23)11-26-19(24)12-6-7-14(20)15(21)8-12/h2-8,13H,9-11H2,1H3. The molecule has 1 unspecified atom stereocenters. The highest BCUT2D eigenvalue weighted by atomic mass is 35.5. The van der Waals surface area contributed by atoms with Crippen LogP contribution < -0.4 is 9.47 Å². The zero-order valence-corrected chi connectivity index (χ0v) is 16.0. The van der Waals surface area contributed by atoms with Gasteiger partial charge >= 0.3 is 5.97 Å². The highest BCUT2D eigenvalue weighted by Crippen LogP contribution is 2.31. The molecule has 1 heterocycles. The number of amides is 1. The fourth-order valence-corrected chi connectivity index (χ4v) is 2.80. The van der Waals surface area contributed by atoms with Gasteiger partial charge in [-0.25, -0.2) is 4.79 Å². The fraction of sp³-hybridized carbons (Fsp3) is 0.263. The summed E-state index contributed by atoms with van der Waals surface area (Å²) in [5.41, 5.74) is 0.223. The van der Waals surface area contributed by atoms with E-state index in [1.165, 1.54) is 23.1 Å². The maximum atomic E-state index is 12.2. The molecule has 0 saturated carbocycles. The molecule has 27 heavy (non-hydrogen) atoms. The van der Waals surface area contributed by atoms with Crippen LogP contribution in [-0.4, -0.2) is 49.7 Å². The van der Waals surface area contributed by atoms with Gasteiger partial charge in [-0.15, -0.1) is 0 Å². The summed E-state index contributed by atoms with van der Waals surface area (Å²) in [4.78, 5) is 25.7. The Labute approximate surface area is 166 Å². The number of para-hydroxylation sites is 2. The molecule has 0 aromatic heterocycles. The van der Waals surface area contributed by atoms with Crippen molar-refractivity contribution < 1.29 is 23.8 Å². The third-order valence-corrected chi connectivity index (χ3v) is 4.69. The number of fused-ring (bicyclic) bond motifs is 1. The van der Waals surface area contributed by atoms with E-state index in [2.05, 4.69) is 0 Å². The Balaban J connectivity index is 1.49. The van der Waals surface area contributed by atoms with E-state index in [0.29, 0.717) is 29.7 Å². The Morgan fingerprint density at radius 1 is 1.15 bits per heavy atom. The lowest BCUT2D eigenvalue weighted by Crippen LogP contribution is -2.43. The molecule has 6 nitrogen and oxygen atoms in total. The molecule has 2 aromatic carbocycles. The van der Waals surface area contributed by atoms with Crippen LogP contribution in [0.3, 0.4) is 0 Å². The second kappa shape index (κ2) is 8.50. The Morgan fingerprint density at radius 3 is 2.63 bits per heavy atom. The molecule has 0 aliphatic carbocycles. The van der Waals surface area contributed by atoms with Gasteiger partial charge in [0.15, 0.2) is 24.2 Å². The highest BCUT2D eigenvalue weighted by molar-refractivity contribution is 6.42. The quantitative estimate of drug-likeness (QED) is 0.707. The molecule has 0 spiro atoms. The number of esters is 1. The van der Waals surface area contributed by atoms with Crippen LogP contribution in [0.15, 0.2) is 42.5 Å². The molecule has 2 aromatic rings. The summed E-state index contributed by atoms with van der Waals surface area (Å²) in [5, 5.41) is 0.574. The van der Waals surface area contributed by atoms with Crippen molar-refractivity contribution in [3.05, 3.63) is 58.1 Å². The van der Waals surface area contributed by atoms with Crippen molar-refractivity contribution in [1.29, 1.82) is 0 Å². The van der Waals surface area contributed by atoms with E-state index in [-0.39, 0.29) is 29.2 Å². The Kier molecular flexibility index (Phi) is 6.08. The van der Waals surface area contributed by atoms with Crippen LogP contribution in [0.1, 0.15) is 10.4 Å². The molecule has 0 radical (unpaired) electrons. The minimum Gasteiger partial charge on any atom is -0.486 e. The highest BCUT2D eigenvalue weighted by Gasteiger charge is 2.24. The SMILES string of the molecule is CN(CC1COc2ccccc2O1)C(=O)COC(=O)c1ccc(Cl)c(Cl)c1. The number of hydrogen-bond acceptors (Lipinski definition) is 5. The van der Waals surface area contributed by atoms with Crippen LogP contribution in [0, 0.1) is 0 Å². The predicted octanol–water partition coefficient (Wildman–Crippen LogP) is 3.45. The van der Waals surface area contributed by atoms with E-state index in [1.54, 1.807) is 7.05 Å². The van der Waals surface area contributed by atoms with Gasteiger partial charge in [0.05, 0.1) is 22.2 Å². The summed E-state index contributed by atoms with van der Waals surface area (Å²) in [6.45, 7) is 0.245. The summed E-state index contributed by atoms with van der Waals surface area (Å²) in [6.07, 6.45) is -0.306. The van der Waals surface area contributed by atoms with Crippen molar-refractivity contribution >= 4 is 35.1 Å². The molecule has 0 fully saturated rings. The van der Waals surface area contributed by atoms with Gasteiger partial charge in [-0.1, -0.05) is 35.3 Å². The number of likely N-dealkylation sites (N-methyl/N-ethyl adjacent to an activating group) is 1. The van der Waals surface area contributed by atoms with Crippen molar-refractivity contribution in [2.45, 2.75) is 6.10 Å². The third kappa shape index (κ3) is 4.84. The van der Waals surface area contributed by atoms with Crippen LogP contribution in [0.4, 0.5) is 0 Å². The Hall–Kier alpha value is -2.44. The number of halogens is 2. The van der Waals surface area contributed by atoms with Gasteiger partial charge in [0.2, 0.25) is 0 Å². The number of rotatable bonds is 5. The first-order valence-electron chi connectivity index (χ1n) is 8.18. The van der Waals surface area contributed by atoms with Crippen molar-refractivity contribution in [2.24, 2.45) is 0 Å². The average Bonchev–Trinajstić information content (AvgIpc) is 2.67. The lowest BCUT2D eigenvalue weighted by Gasteiger charge is -2.29. The van der Waals surface area contributed by atoms with E-state index in [0.717, 1.165) is 0 Å². The minimum absolute atomic E-state index is 0.223. The molecule has 1 aliphatic heterocycles. The summed E-state index contributed by atoms with van der Waals surface area (Å²) < 4.78 is 16.5. The molecule has 8 heteroatoms. The van der Waals surface area contributed by atoms with E-state index < -0.39 is 5.97 Å². The lowest BCUT2D eigenvalue weighted by molar-refractivity contribution is -0.134. The van der Waals surface area contributed by atoms with Gasteiger partial charge in [-0.2, -0.15) is 0 Å². The normalized spacial score (nSPS) is 15.1. The summed E-state index contributed by atoms with van der Waals surface area (Å²) in [7, 11) is 1.61. The van der Waals surface area contributed by atoms with Crippen molar-refractivity contribution in [3.63, 3.8) is 0 Å². The third-order valence-electron chi connectivity index (χ3n) is 3.95. The second-order valence-corrected chi connectivity index (χ2v) is 6.79. The van der Waals surface area contributed by atoms with Crippen LogP contribution in [0.5, 0.6) is 11.5 Å². The van der Waals surface area contributed by atoms with Gasteiger partial charge in [-0.3, -0.25) is 4.79 Å². The van der Waals surface area contributed by atoms with Crippen LogP contribution in [-0.2, 0) is 9.53 Å². The van der Waals surface area contributed by atoms with Crippen molar-refractivity contribution in [1.82, 2.24) is 4.90 Å². The Bertz CT molecular complexity index is 858. The molecule has 142 valence electrons. The van der Waals surface area contributed by atoms with E-state index in [9.17, 15) is 9.59 Å². The molecule has 1 amide bonds. The van der Waals surface area contributed by atoms with E-state index >= 15 is 0 Å². The van der Waals surface area contributed by atoms with Crippen LogP contribution >= 0.6 is 23.2 Å². The van der Waals surface area contributed by atoms with E-state index in [1.807, 2.05) is 24.3 Å². The first kappa shape index (κ1) is 19.3. The number of carbonyl (C=O) groups is 2. The maximum absolute atomic E-state index is 12.2. The number of hydrogen-bond donors (Lipinski definition) is 0. The monoisotopic (exact) mass is 409 g/mol. The number of carbonyl (C=O) groups excluding carboxylic acids is 2. The largest absolute Gasteiger partial charge is 0.486 e. The fourth-order valence-electron chi connectivity index (χ4n) is 2.50. The predicted molar refractivity (Wildman–Crippen MR) is 101 cm³/mol. The maximum Gasteiger partial charge on any atom is 0.338 e. The minimum atomic E-state index is -0.651. The summed E-state index contributed by atoms with van der Waals surface area (Å²) in [6, 6.07) is 11.7. The molecule has 3 rings (SSSR count). The van der Waals surface area contributed by atoms with E-state index in [4.69, 9.17) is 37.4 Å². The van der Waals surface area contributed by atoms with Gasteiger partial charge in [-0.05, 0) is 30.3 Å². The molecule has 0 N–H and O–H groups in total. The lowest BCUT2D eigenvalue weighted by atomic mass is 10.2. The molecular formula is C19H17Cl2NO5. The summed E-state index contributed by atoms with van der Waals surface area (Å²) in [5.74, 6) is 0.311. The number of nitrogens with zero attached hydrogens (tertiary/aromatic N) is 1. The average molecular weight is 410 g/mol. The summed E-state index contributed by atoms with van der Waals surface area (Å²) >= 11 is 11.7. The zero-order valence-electron chi connectivity index (χ0n) is 14.5. The van der Waals surface area contributed by atoms with Crippen molar-refractivity contribution in [3.8, 4) is 11.5 Å². The van der Waals surface area contributed by atoms with Gasteiger partial charge in [0.25, 0.3) is 5.91 Å². The van der Waals surface area contributed by atoms with Crippen LogP contribution in [0.2, 0.25) is 10.0 Å². The second-order valence-electron chi connectivity index (χ2n) is 5.98. The van der Waals surface area contributed by atoms with Crippen LogP contribution in [0.25, 0.3) is 0 Å². The molecule has 1 aliphatic rings. The Morgan fingerprint density at radius 2 is 1.89 bits per heavy atom. The van der Waals surface area contributed by atoms with Gasteiger partial charge in [0, 0.05) is 7.05 Å². The topological polar surface area (TPSA) is 65.1 Å². The van der Waals surface area contributed by atoms with Crippen molar-refractivity contribution in [2.75, 3.05) is 26.8 Å². The molecule has 0 saturated heterocycles. The zero-order chi connectivity index (χ0) is 19.4. The first-order valence-corrected chi connectivity index (χ1v) is 8.94. The number of benzene rings is 2. The smallest absolute Gasteiger partial charge is 0.338 e. The molecule has 1 atom stereocenters. The number of ether oxygens (including phenoxy) is 3. The molecular weight excluding hydrogens is 393 g/mol. The van der Waals surface area contributed by atoms with Gasteiger partial charge in [0.1, 0.15) is 6.61 Å². The first-order chi connectivity index (χ1) is 12.9. The van der Waals surface area contributed by atoms with Gasteiger partial charge < -0.3 is 19.1 Å². The molecule has 0 bridgehead atoms.